The molecule has 0 saturated heterocycles. The molecule has 103 valence electrons. The summed E-state index contributed by atoms with van der Waals surface area (Å²) in [5.74, 6) is 0.867. The van der Waals surface area contributed by atoms with E-state index in [2.05, 4.69) is 42.1 Å². The molecule has 1 aromatic carbocycles. The maximum atomic E-state index is 5.88. The van der Waals surface area contributed by atoms with Gasteiger partial charge in [0.2, 0.25) is 0 Å². The molecular formula is C16H19N2OSi. The van der Waals surface area contributed by atoms with Crippen molar-refractivity contribution in [2.24, 2.45) is 4.99 Å². The largest absolute Gasteiger partial charge is 0.541 e. The van der Waals surface area contributed by atoms with Crippen LogP contribution >= 0.6 is 0 Å². The molecule has 0 fully saturated rings. The summed E-state index contributed by atoms with van der Waals surface area (Å²) in [6.07, 6.45) is 4.42. The number of nitrogens with zero attached hydrogens (tertiary/aromatic N) is 2. The van der Waals surface area contributed by atoms with Gasteiger partial charge in [-0.25, -0.2) is 0 Å². The highest BCUT2D eigenvalue weighted by atomic mass is 28.3. The highest BCUT2D eigenvalue weighted by Crippen LogP contribution is 2.28. The number of hydrogen-bond donors (Lipinski definition) is 0. The molecule has 0 aliphatic heterocycles. The van der Waals surface area contributed by atoms with Crippen molar-refractivity contribution in [3.05, 3.63) is 53.9 Å². The maximum absolute atomic E-state index is 5.88. The first-order valence-corrected chi connectivity index (χ1v) is 9.07. The normalized spacial score (nSPS) is 11.2. The second-order valence-electron chi connectivity index (χ2n) is 4.82. The molecule has 0 aliphatic carbocycles. The molecule has 20 heavy (non-hydrogen) atoms. The Morgan fingerprint density at radius 1 is 1.25 bits per heavy atom. The van der Waals surface area contributed by atoms with E-state index in [1.54, 1.807) is 6.20 Å². The van der Waals surface area contributed by atoms with Gasteiger partial charge in [-0.15, -0.1) is 0 Å². The molecule has 4 heteroatoms. The summed E-state index contributed by atoms with van der Waals surface area (Å²) in [5.41, 5.74) is 3.09. The van der Waals surface area contributed by atoms with E-state index in [1.165, 1.54) is 5.56 Å². The summed E-state index contributed by atoms with van der Waals surface area (Å²) < 4.78 is 5.88. The number of hydrogen-bond acceptors (Lipinski definition) is 3. The molecule has 0 amide bonds. The zero-order valence-corrected chi connectivity index (χ0v) is 13.1. The summed E-state index contributed by atoms with van der Waals surface area (Å²) in [5, 5.41) is 0. The predicted octanol–water partition coefficient (Wildman–Crippen LogP) is 3.96. The van der Waals surface area contributed by atoms with Crippen molar-refractivity contribution >= 4 is 20.9 Å². The predicted molar refractivity (Wildman–Crippen MR) is 85.4 cm³/mol. The summed E-state index contributed by atoms with van der Waals surface area (Å²) in [6.45, 7) is 6.29. The molecule has 0 aliphatic rings. The minimum atomic E-state index is -0.784. The fourth-order valence-corrected chi connectivity index (χ4v) is 2.40. The van der Waals surface area contributed by atoms with Crippen molar-refractivity contribution in [2.75, 3.05) is 0 Å². The summed E-state index contributed by atoms with van der Waals surface area (Å²) in [7, 11) is -0.784. The van der Waals surface area contributed by atoms with Gasteiger partial charge in [-0.2, -0.15) is 0 Å². The van der Waals surface area contributed by atoms with Crippen LogP contribution < -0.4 is 4.43 Å². The van der Waals surface area contributed by atoms with E-state index in [0.717, 1.165) is 23.6 Å². The van der Waals surface area contributed by atoms with Crippen LogP contribution in [0.2, 0.25) is 13.1 Å². The highest BCUT2D eigenvalue weighted by Gasteiger charge is 2.06. The quantitative estimate of drug-likeness (QED) is 0.615. The van der Waals surface area contributed by atoms with Crippen LogP contribution in [0.3, 0.4) is 0 Å². The molecular weight excluding hydrogens is 264 g/mol. The summed E-state index contributed by atoms with van der Waals surface area (Å²) >= 11 is 0. The van der Waals surface area contributed by atoms with E-state index in [4.69, 9.17) is 4.43 Å². The molecule has 3 nitrogen and oxygen atoms in total. The molecule has 0 atom stereocenters. The Morgan fingerprint density at radius 2 is 2.10 bits per heavy atom. The summed E-state index contributed by atoms with van der Waals surface area (Å²) in [6, 6.07) is 12.0. The molecule has 1 radical (unpaired) electrons. The Kier molecular flexibility index (Phi) is 5.07. The first kappa shape index (κ1) is 14.5. The van der Waals surface area contributed by atoms with E-state index in [-0.39, 0.29) is 0 Å². The third kappa shape index (κ3) is 4.31. The molecule has 1 heterocycles. The van der Waals surface area contributed by atoms with Crippen LogP contribution in [0.1, 0.15) is 11.3 Å². The van der Waals surface area contributed by atoms with Crippen LogP contribution in [0, 0.1) is 6.92 Å². The van der Waals surface area contributed by atoms with Gasteiger partial charge in [0, 0.05) is 24.5 Å². The molecule has 0 spiro atoms. The molecule has 2 rings (SSSR count). The van der Waals surface area contributed by atoms with Crippen LogP contribution in [0.4, 0.5) is 5.69 Å². The Morgan fingerprint density at radius 3 is 2.80 bits per heavy atom. The van der Waals surface area contributed by atoms with Gasteiger partial charge in [0.05, 0.1) is 0 Å². The lowest BCUT2D eigenvalue weighted by Crippen LogP contribution is -2.11. The molecule has 1 aromatic heterocycles. The average molecular weight is 283 g/mol. The lowest BCUT2D eigenvalue weighted by molar-refractivity contribution is 0.582. The molecule has 0 saturated carbocycles. The van der Waals surface area contributed by atoms with Gasteiger partial charge >= 0.3 is 0 Å². The fourth-order valence-electron chi connectivity index (χ4n) is 1.79. The van der Waals surface area contributed by atoms with Crippen LogP contribution in [-0.4, -0.2) is 20.2 Å². The molecule has 0 unspecified atom stereocenters. The van der Waals surface area contributed by atoms with Crippen molar-refractivity contribution < 1.29 is 4.43 Å². The molecule has 0 N–H and O–H groups in total. The van der Waals surface area contributed by atoms with E-state index < -0.39 is 9.04 Å². The second kappa shape index (κ2) is 7.00. The topological polar surface area (TPSA) is 34.5 Å². The van der Waals surface area contributed by atoms with Gasteiger partial charge in [-0.05, 0) is 49.8 Å². The second-order valence-corrected chi connectivity index (χ2v) is 6.84. The highest BCUT2D eigenvalue weighted by molar-refractivity contribution is 6.49. The SMILES string of the molecule is Cc1ccc(O[Si](C)C)c(N=CCc2ccccn2)c1. The first-order chi connectivity index (χ1) is 9.65. The zero-order valence-electron chi connectivity index (χ0n) is 12.1. The van der Waals surface area contributed by atoms with Gasteiger partial charge < -0.3 is 4.43 Å². The van der Waals surface area contributed by atoms with Crippen molar-refractivity contribution in [1.82, 2.24) is 4.98 Å². The lowest BCUT2D eigenvalue weighted by atomic mass is 10.2. The van der Waals surface area contributed by atoms with Crippen LogP contribution in [0.15, 0.2) is 47.6 Å². The number of aromatic nitrogens is 1. The fraction of sp³-hybridized carbons (Fsp3) is 0.250. The van der Waals surface area contributed by atoms with Crippen LogP contribution in [-0.2, 0) is 6.42 Å². The van der Waals surface area contributed by atoms with E-state index in [0.29, 0.717) is 0 Å². The van der Waals surface area contributed by atoms with Gasteiger partial charge in [-0.3, -0.25) is 9.98 Å². The van der Waals surface area contributed by atoms with Crippen LogP contribution in [0.25, 0.3) is 0 Å². The minimum Gasteiger partial charge on any atom is -0.541 e. The smallest absolute Gasteiger partial charge is 0.274 e. The van der Waals surface area contributed by atoms with E-state index >= 15 is 0 Å². The molecule has 2 aromatic rings. The molecule has 0 bridgehead atoms. The van der Waals surface area contributed by atoms with Gasteiger partial charge in [0.1, 0.15) is 11.4 Å². The maximum Gasteiger partial charge on any atom is 0.274 e. The average Bonchev–Trinajstić information content (AvgIpc) is 2.42. The lowest BCUT2D eigenvalue weighted by Gasteiger charge is -2.11. The van der Waals surface area contributed by atoms with Crippen molar-refractivity contribution in [1.29, 1.82) is 0 Å². The first-order valence-electron chi connectivity index (χ1n) is 6.66. The Bertz CT molecular complexity index is 582. The van der Waals surface area contributed by atoms with Gasteiger partial charge in [-0.1, -0.05) is 12.1 Å². The Labute approximate surface area is 122 Å². The minimum absolute atomic E-state index is 0.726. The van der Waals surface area contributed by atoms with Gasteiger partial charge in [0.25, 0.3) is 9.04 Å². The summed E-state index contributed by atoms with van der Waals surface area (Å²) in [4.78, 5) is 8.82. The standard InChI is InChI=1S/C16H19N2OSi/c1-13-7-8-16(19-20(2)3)15(12-13)18-11-9-14-6-4-5-10-17-14/h4-8,10-12H,9H2,1-3H3. The number of rotatable bonds is 5. The zero-order chi connectivity index (χ0) is 14.4. The van der Waals surface area contributed by atoms with E-state index in [1.807, 2.05) is 30.5 Å². The third-order valence-electron chi connectivity index (χ3n) is 2.69. The number of aryl methyl sites for hydroxylation is 1. The Hall–Kier alpha value is -1.94. The van der Waals surface area contributed by atoms with Crippen molar-refractivity contribution in [2.45, 2.75) is 26.4 Å². The number of benzene rings is 1. The Balaban J connectivity index is 2.13. The number of aliphatic imine (C=N–C) groups is 1. The van der Waals surface area contributed by atoms with Gasteiger partial charge in [0.15, 0.2) is 0 Å². The van der Waals surface area contributed by atoms with Crippen molar-refractivity contribution in [3.63, 3.8) is 0 Å². The van der Waals surface area contributed by atoms with E-state index in [9.17, 15) is 0 Å². The van der Waals surface area contributed by atoms with Crippen molar-refractivity contribution in [3.8, 4) is 5.75 Å². The third-order valence-corrected chi connectivity index (χ3v) is 3.31. The van der Waals surface area contributed by atoms with Crippen LogP contribution in [0.5, 0.6) is 5.75 Å². The monoisotopic (exact) mass is 283 g/mol. The number of pyridine rings is 1.